The fourth-order valence-electron chi connectivity index (χ4n) is 3.27. The molecule has 1 aliphatic heterocycles. The van der Waals surface area contributed by atoms with Gasteiger partial charge < -0.3 is 15.4 Å². The van der Waals surface area contributed by atoms with E-state index < -0.39 is 10.0 Å². The minimum absolute atomic E-state index is 0.0508. The fourth-order valence-corrected chi connectivity index (χ4v) is 3.97. The minimum Gasteiger partial charge on any atom is -0.482 e. The number of rotatable bonds is 5. The van der Waals surface area contributed by atoms with Gasteiger partial charge in [0.15, 0.2) is 5.75 Å². The lowest BCUT2D eigenvalue weighted by atomic mass is 10.1. The monoisotopic (exact) mass is 375 g/mol. The fraction of sp³-hybridized carbons (Fsp3) is 0.368. The summed E-state index contributed by atoms with van der Waals surface area (Å²) in [6.45, 7) is 5.41. The van der Waals surface area contributed by atoms with Gasteiger partial charge in [-0.1, -0.05) is 24.8 Å². The lowest BCUT2D eigenvalue weighted by molar-refractivity contribution is 0.245. The number of hydrogen-bond acceptors (Lipinski definition) is 5. The summed E-state index contributed by atoms with van der Waals surface area (Å²) < 4.78 is 30.7. The number of sulfonamides is 1. The van der Waals surface area contributed by atoms with Crippen LogP contribution in [0.25, 0.3) is 5.70 Å². The second-order valence-corrected chi connectivity index (χ2v) is 8.18. The van der Waals surface area contributed by atoms with Gasteiger partial charge in [-0.05, 0) is 37.5 Å². The Bertz CT molecular complexity index is 853. The molecular formula is C19H25N3O3S. The van der Waals surface area contributed by atoms with Crippen LogP contribution in [0.4, 0.5) is 5.69 Å². The van der Waals surface area contributed by atoms with Crippen LogP contribution in [0.5, 0.6) is 5.75 Å². The van der Waals surface area contributed by atoms with Gasteiger partial charge in [0.2, 0.25) is 10.0 Å². The normalized spacial score (nSPS) is 20.2. The van der Waals surface area contributed by atoms with Crippen LogP contribution in [-0.4, -0.2) is 27.6 Å². The average molecular weight is 375 g/mol. The maximum atomic E-state index is 12.3. The predicted molar refractivity (Wildman–Crippen MR) is 104 cm³/mol. The summed E-state index contributed by atoms with van der Waals surface area (Å²) in [7, 11) is -3.99. The number of hydrogen-bond donors (Lipinski definition) is 2. The van der Waals surface area contributed by atoms with E-state index in [0.29, 0.717) is 29.1 Å². The molecule has 26 heavy (non-hydrogen) atoms. The Kier molecular flexibility index (Phi) is 5.38. The molecule has 3 rings (SSSR count). The third-order valence-corrected chi connectivity index (χ3v) is 5.54. The SMILES string of the molecule is C=C(N)c1cc(N2CCCCC2)c(OC2C=CC=CC2)c(S(N)(=O)=O)c1. The van der Waals surface area contributed by atoms with Crippen molar-refractivity contribution >= 4 is 21.4 Å². The molecule has 0 saturated carbocycles. The van der Waals surface area contributed by atoms with Crippen LogP contribution in [-0.2, 0) is 10.0 Å². The first-order valence-electron chi connectivity index (χ1n) is 8.77. The molecule has 1 heterocycles. The lowest BCUT2D eigenvalue weighted by Gasteiger charge is -2.32. The van der Waals surface area contributed by atoms with E-state index in [9.17, 15) is 8.42 Å². The van der Waals surface area contributed by atoms with Gasteiger partial charge in [-0.25, -0.2) is 13.6 Å². The highest BCUT2D eigenvalue weighted by Crippen LogP contribution is 2.39. The molecule has 0 spiro atoms. The van der Waals surface area contributed by atoms with E-state index in [1.165, 1.54) is 6.07 Å². The van der Waals surface area contributed by atoms with Crippen molar-refractivity contribution in [2.45, 2.75) is 36.7 Å². The zero-order valence-corrected chi connectivity index (χ0v) is 15.5. The Morgan fingerprint density at radius 3 is 2.50 bits per heavy atom. The van der Waals surface area contributed by atoms with Gasteiger partial charge in [0.1, 0.15) is 11.0 Å². The maximum absolute atomic E-state index is 12.3. The Labute approximate surface area is 154 Å². The van der Waals surface area contributed by atoms with E-state index in [0.717, 1.165) is 32.4 Å². The standard InChI is InChI=1S/C19H25N3O3S/c1-14(20)15-12-17(22-10-6-3-7-11-22)19(18(13-15)26(21,23)24)25-16-8-4-2-5-9-16/h2,4-5,8,12-13,16H,1,3,6-7,9-11,20H2,(H2,21,23,24). The van der Waals surface area contributed by atoms with E-state index in [4.69, 9.17) is 15.6 Å². The van der Waals surface area contributed by atoms with E-state index in [1.807, 2.05) is 30.4 Å². The maximum Gasteiger partial charge on any atom is 0.241 e. The van der Waals surface area contributed by atoms with Crippen LogP contribution in [0, 0.1) is 0 Å². The smallest absolute Gasteiger partial charge is 0.241 e. The van der Waals surface area contributed by atoms with Crippen molar-refractivity contribution in [1.29, 1.82) is 0 Å². The summed E-state index contributed by atoms with van der Waals surface area (Å²) in [5.74, 6) is 0.296. The van der Waals surface area contributed by atoms with Gasteiger partial charge in [0.05, 0.1) is 5.69 Å². The third-order valence-electron chi connectivity index (χ3n) is 4.62. The molecule has 140 valence electrons. The number of allylic oxidation sites excluding steroid dienone is 2. The molecule has 0 bridgehead atoms. The molecule has 2 aliphatic rings. The molecule has 0 amide bonds. The molecule has 0 radical (unpaired) electrons. The number of primary sulfonamides is 1. The van der Waals surface area contributed by atoms with Gasteiger partial charge in [-0.2, -0.15) is 0 Å². The number of piperidine rings is 1. The molecule has 1 fully saturated rings. The number of anilines is 1. The van der Waals surface area contributed by atoms with Gasteiger partial charge in [-0.3, -0.25) is 0 Å². The van der Waals surface area contributed by atoms with Crippen molar-refractivity contribution in [3.05, 3.63) is 48.6 Å². The van der Waals surface area contributed by atoms with Crippen LogP contribution in [0.15, 0.2) is 47.9 Å². The quantitative estimate of drug-likeness (QED) is 0.824. The number of nitrogens with two attached hydrogens (primary N) is 2. The largest absolute Gasteiger partial charge is 0.482 e. The topological polar surface area (TPSA) is 98.6 Å². The van der Waals surface area contributed by atoms with E-state index in [1.54, 1.807) is 0 Å². The molecule has 1 saturated heterocycles. The Morgan fingerprint density at radius 1 is 1.19 bits per heavy atom. The first-order valence-corrected chi connectivity index (χ1v) is 10.3. The molecule has 6 nitrogen and oxygen atoms in total. The summed E-state index contributed by atoms with van der Waals surface area (Å²) in [5, 5.41) is 5.50. The van der Waals surface area contributed by atoms with Crippen molar-refractivity contribution in [3.8, 4) is 5.75 Å². The third kappa shape index (κ3) is 4.11. The van der Waals surface area contributed by atoms with Crippen LogP contribution < -0.4 is 20.5 Å². The van der Waals surface area contributed by atoms with Crippen LogP contribution in [0.3, 0.4) is 0 Å². The molecule has 1 aliphatic carbocycles. The molecule has 7 heteroatoms. The second-order valence-electron chi connectivity index (χ2n) is 6.65. The van der Waals surface area contributed by atoms with E-state index in [-0.39, 0.29) is 11.0 Å². The molecule has 1 atom stereocenters. The van der Waals surface area contributed by atoms with E-state index >= 15 is 0 Å². The Morgan fingerprint density at radius 2 is 1.92 bits per heavy atom. The molecule has 1 aromatic rings. The summed E-state index contributed by atoms with van der Waals surface area (Å²) in [4.78, 5) is 2.09. The van der Waals surface area contributed by atoms with Crippen molar-refractivity contribution in [3.63, 3.8) is 0 Å². The van der Waals surface area contributed by atoms with Crippen LogP contribution in [0.2, 0.25) is 0 Å². The van der Waals surface area contributed by atoms with Crippen LogP contribution >= 0.6 is 0 Å². The highest BCUT2D eigenvalue weighted by atomic mass is 32.2. The molecule has 1 unspecified atom stereocenters. The Balaban J connectivity index is 2.13. The zero-order valence-electron chi connectivity index (χ0n) is 14.7. The zero-order chi connectivity index (χ0) is 18.7. The highest BCUT2D eigenvalue weighted by Gasteiger charge is 2.26. The number of ether oxygens (including phenoxy) is 1. The summed E-state index contributed by atoms with van der Waals surface area (Å²) in [6.07, 6.45) is 11.4. The van der Waals surface area contributed by atoms with E-state index in [2.05, 4.69) is 11.5 Å². The molecule has 1 aromatic carbocycles. The number of benzene rings is 1. The molecule has 0 aromatic heterocycles. The highest BCUT2D eigenvalue weighted by molar-refractivity contribution is 7.89. The summed E-state index contributed by atoms with van der Waals surface area (Å²) in [6, 6.07) is 3.29. The van der Waals surface area contributed by atoms with Gasteiger partial charge in [0.25, 0.3) is 0 Å². The number of nitrogens with zero attached hydrogens (tertiary/aromatic N) is 1. The van der Waals surface area contributed by atoms with Gasteiger partial charge in [0, 0.05) is 30.8 Å². The molecular weight excluding hydrogens is 350 g/mol. The second kappa shape index (κ2) is 7.55. The average Bonchev–Trinajstić information content (AvgIpc) is 2.62. The molecule has 4 N–H and O–H groups in total. The first-order chi connectivity index (χ1) is 12.4. The summed E-state index contributed by atoms with van der Waals surface area (Å²) in [5.41, 5.74) is 7.39. The summed E-state index contributed by atoms with van der Waals surface area (Å²) >= 11 is 0. The van der Waals surface area contributed by atoms with Crippen LogP contribution in [0.1, 0.15) is 31.2 Å². The van der Waals surface area contributed by atoms with Crippen molar-refractivity contribution in [2.24, 2.45) is 10.9 Å². The Hall–Kier alpha value is -2.25. The first kappa shape index (κ1) is 18.5. The van der Waals surface area contributed by atoms with Crippen molar-refractivity contribution in [1.82, 2.24) is 0 Å². The van der Waals surface area contributed by atoms with Crippen molar-refractivity contribution in [2.75, 3.05) is 18.0 Å². The predicted octanol–water partition coefficient (Wildman–Crippen LogP) is 2.52. The van der Waals surface area contributed by atoms with Gasteiger partial charge >= 0.3 is 0 Å². The van der Waals surface area contributed by atoms with Gasteiger partial charge in [-0.15, -0.1) is 0 Å². The minimum atomic E-state index is -3.99. The lowest BCUT2D eigenvalue weighted by Crippen LogP contribution is -2.31. The van der Waals surface area contributed by atoms with Crippen molar-refractivity contribution < 1.29 is 13.2 Å².